The Balaban J connectivity index is 2.14. The number of carbonyl (C=O) groups excluding carboxylic acids is 1. The fourth-order valence-corrected chi connectivity index (χ4v) is 3.00. The van der Waals surface area contributed by atoms with Crippen LogP contribution in [-0.4, -0.2) is 52.9 Å². The van der Waals surface area contributed by atoms with Gasteiger partial charge in [-0.05, 0) is 26.3 Å². The van der Waals surface area contributed by atoms with Crippen LogP contribution in [0.15, 0.2) is 12.3 Å². The highest BCUT2D eigenvalue weighted by Crippen LogP contribution is 2.30. The molecule has 1 unspecified atom stereocenters. The van der Waals surface area contributed by atoms with Gasteiger partial charge in [-0.2, -0.15) is 5.10 Å². The molecule has 1 aliphatic rings. The molecule has 0 bridgehead atoms. The number of ether oxygens (including phenoxy) is 1. The number of aryl methyl sites for hydroxylation is 1. The first-order valence-electron chi connectivity index (χ1n) is 7.62. The summed E-state index contributed by atoms with van der Waals surface area (Å²) in [7, 11) is 3.80. The van der Waals surface area contributed by atoms with Gasteiger partial charge in [0.1, 0.15) is 0 Å². The van der Waals surface area contributed by atoms with E-state index in [1.807, 2.05) is 36.7 Å². The van der Waals surface area contributed by atoms with Crippen LogP contribution < -0.4 is 5.32 Å². The van der Waals surface area contributed by atoms with E-state index < -0.39 is 0 Å². The first-order chi connectivity index (χ1) is 10.0. The van der Waals surface area contributed by atoms with Gasteiger partial charge in [-0.15, -0.1) is 0 Å². The highest BCUT2D eigenvalue weighted by atomic mass is 16.5. The number of carbonyl (C=O) groups is 1. The standard InChI is InChI=1S/C15H26N4O2/c1-5-21-10-11(2)17-12-6-7-14(20)18(3)15(12)13-8-9-16-19(13)4/h8-9,11-12,15,17H,5-7,10H2,1-4H3/t11?,12-,15-/m1/s1. The second-order valence-electron chi connectivity index (χ2n) is 5.70. The maximum absolute atomic E-state index is 12.1. The lowest BCUT2D eigenvalue weighted by molar-refractivity contribution is -0.136. The molecule has 2 rings (SSSR count). The van der Waals surface area contributed by atoms with Crippen molar-refractivity contribution in [1.29, 1.82) is 0 Å². The lowest BCUT2D eigenvalue weighted by atomic mass is 9.93. The van der Waals surface area contributed by atoms with Gasteiger partial charge in [0, 0.05) is 45.4 Å². The largest absolute Gasteiger partial charge is 0.380 e. The molecule has 6 heteroatoms. The van der Waals surface area contributed by atoms with Crippen LogP contribution in [0.2, 0.25) is 0 Å². The van der Waals surface area contributed by atoms with Gasteiger partial charge in [0.25, 0.3) is 0 Å². The summed E-state index contributed by atoms with van der Waals surface area (Å²) in [5.74, 6) is 0.191. The molecule has 0 saturated carbocycles. The van der Waals surface area contributed by atoms with Crippen LogP contribution in [0.5, 0.6) is 0 Å². The Morgan fingerprint density at radius 1 is 1.52 bits per heavy atom. The van der Waals surface area contributed by atoms with Gasteiger partial charge in [-0.1, -0.05) is 0 Å². The number of nitrogens with zero attached hydrogens (tertiary/aromatic N) is 3. The minimum atomic E-state index is 0.0165. The molecule has 1 amide bonds. The summed E-state index contributed by atoms with van der Waals surface area (Å²) in [5, 5.41) is 7.85. The third-order valence-corrected chi connectivity index (χ3v) is 4.09. The second kappa shape index (κ2) is 7.04. The van der Waals surface area contributed by atoms with Crippen molar-refractivity contribution in [2.75, 3.05) is 20.3 Å². The van der Waals surface area contributed by atoms with Crippen molar-refractivity contribution in [1.82, 2.24) is 20.0 Å². The predicted molar refractivity (Wildman–Crippen MR) is 80.8 cm³/mol. The van der Waals surface area contributed by atoms with Gasteiger partial charge in [0.05, 0.1) is 18.3 Å². The summed E-state index contributed by atoms with van der Waals surface area (Å²) >= 11 is 0. The van der Waals surface area contributed by atoms with Crippen molar-refractivity contribution in [2.45, 2.75) is 44.8 Å². The molecule has 0 radical (unpaired) electrons. The molecule has 0 aromatic carbocycles. The van der Waals surface area contributed by atoms with Crippen LogP contribution in [0.1, 0.15) is 38.4 Å². The molecule has 0 aliphatic carbocycles. The Labute approximate surface area is 126 Å². The molecule has 1 aromatic heterocycles. The predicted octanol–water partition coefficient (Wildman–Crippen LogP) is 1.10. The quantitative estimate of drug-likeness (QED) is 0.853. The molecule has 2 heterocycles. The van der Waals surface area contributed by atoms with Crippen LogP contribution in [0, 0.1) is 0 Å². The number of piperidine rings is 1. The Hall–Kier alpha value is -1.40. The highest BCUT2D eigenvalue weighted by molar-refractivity contribution is 5.77. The number of hydrogen-bond donors (Lipinski definition) is 1. The average molecular weight is 294 g/mol. The molecule has 0 spiro atoms. The molecule has 1 N–H and O–H groups in total. The van der Waals surface area contributed by atoms with Gasteiger partial charge in [0.2, 0.25) is 5.91 Å². The smallest absolute Gasteiger partial charge is 0.222 e. The Morgan fingerprint density at radius 3 is 2.90 bits per heavy atom. The molecule has 6 nitrogen and oxygen atoms in total. The summed E-state index contributed by atoms with van der Waals surface area (Å²) in [6, 6.07) is 2.48. The topological polar surface area (TPSA) is 59.4 Å². The van der Waals surface area contributed by atoms with E-state index in [0.29, 0.717) is 13.0 Å². The van der Waals surface area contributed by atoms with Crippen molar-refractivity contribution < 1.29 is 9.53 Å². The Bertz CT molecular complexity index is 474. The zero-order valence-corrected chi connectivity index (χ0v) is 13.4. The molecule has 21 heavy (non-hydrogen) atoms. The highest BCUT2D eigenvalue weighted by Gasteiger charge is 2.36. The van der Waals surface area contributed by atoms with Crippen molar-refractivity contribution >= 4 is 5.91 Å². The SMILES string of the molecule is CCOCC(C)N[C@@H]1CCC(=O)N(C)[C@H]1c1ccnn1C. The van der Waals surface area contributed by atoms with E-state index in [0.717, 1.165) is 18.7 Å². The van der Waals surface area contributed by atoms with Crippen LogP contribution in [-0.2, 0) is 16.6 Å². The first-order valence-corrected chi connectivity index (χ1v) is 7.62. The molecule has 1 aromatic rings. The summed E-state index contributed by atoms with van der Waals surface area (Å²) in [6.07, 6.45) is 3.21. The van der Waals surface area contributed by atoms with Gasteiger partial charge >= 0.3 is 0 Å². The molecule has 1 aliphatic heterocycles. The third-order valence-electron chi connectivity index (χ3n) is 4.09. The third kappa shape index (κ3) is 3.63. The zero-order chi connectivity index (χ0) is 15.4. The average Bonchev–Trinajstić information content (AvgIpc) is 2.87. The van der Waals surface area contributed by atoms with Gasteiger partial charge in [-0.25, -0.2) is 0 Å². The van der Waals surface area contributed by atoms with E-state index in [9.17, 15) is 4.79 Å². The van der Waals surface area contributed by atoms with E-state index in [1.54, 1.807) is 6.20 Å². The maximum Gasteiger partial charge on any atom is 0.222 e. The van der Waals surface area contributed by atoms with Crippen molar-refractivity contribution in [3.05, 3.63) is 18.0 Å². The molecule has 118 valence electrons. The van der Waals surface area contributed by atoms with Gasteiger partial charge in [-0.3, -0.25) is 9.48 Å². The van der Waals surface area contributed by atoms with Gasteiger partial charge in [0.15, 0.2) is 0 Å². The van der Waals surface area contributed by atoms with E-state index in [2.05, 4.69) is 17.3 Å². The van der Waals surface area contributed by atoms with Crippen LogP contribution >= 0.6 is 0 Å². The molecule has 3 atom stereocenters. The van der Waals surface area contributed by atoms with Crippen molar-refractivity contribution in [3.8, 4) is 0 Å². The summed E-state index contributed by atoms with van der Waals surface area (Å²) in [5.41, 5.74) is 1.06. The van der Waals surface area contributed by atoms with Crippen LogP contribution in [0.25, 0.3) is 0 Å². The van der Waals surface area contributed by atoms with E-state index in [1.165, 1.54) is 0 Å². The van der Waals surface area contributed by atoms with Crippen LogP contribution in [0.3, 0.4) is 0 Å². The molecular formula is C15H26N4O2. The lowest BCUT2D eigenvalue weighted by Crippen LogP contribution is -2.52. The fraction of sp³-hybridized carbons (Fsp3) is 0.733. The monoisotopic (exact) mass is 294 g/mol. The second-order valence-corrected chi connectivity index (χ2v) is 5.70. The summed E-state index contributed by atoms with van der Waals surface area (Å²) in [6.45, 7) is 5.52. The van der Waals surface area contributed by atoms with Crippen molar-refractivity contribution in [3.63, 3.8) is 0 Å². The normalized spacial score (nSPS) is 24.4. The molecular weight excluding hydrogens is 268 g/mol. The van der Waals surface area contributed by atoms with E-state index >= 15 is 0 Å². The molecule has 1 fully saturated rings. The number of nitrogens with one attached hydrogen (secondary N) is 1. The van der Waals surface area contributed by atoms with E-state index in [4.69, 9.17) is 4.74 Å². The maximum atomic E-state index is 12.1. The number of amides is 1. The fourth-order valence-electron chi connectivity index (χ4n) is 3.00. The van der Waals surface area contributed by atoms with Crippen molar-refractivity contribution in [2.24, 2.45) is 7.05 Å². The minimum absolute atomic E-state index is 0.0165. The van der Waals surface area contributed by atoms with E-state index in [-0.39, 0.29) is 24.0 Å². The van der Waals surface area contributed by atoms with Crippen LogP contribution in [0.4, 0.5) is 0 Å². The number of rotatable bonds is 6. The number of likely N-dealkylation sites (N-methyl/N-ethyl adjacent to an activating group) is 1. The first kappa shape index (κ1) is 16.0. The number of hydrogen-bond acceptors (Lipinski definition) is 4. The molecule has 1 saturated heterocycles. The summed E-state index contributed by atoms with van der Waals surface area (Å²) in [4.78, 5) is 13.9. The number of aromatic nitrogens is 2. The summed E-state index contributed by atoms with van der Waals surface area (Å²) < 4.78 is 7.32. The van der Waals surface area contributed by atoms with Gasteiger partial charge < -0.3 is 15.0 Å². The lowest BCUT2D eigenvalue weighted by Gasteiger charge is -2.40. The number of likely N-dealkylation sites (tertiary alicyclic amines) is 1. The minimum Gasteiger partial charge on any atom is -0.380 e. The Morgan fingerprint density at radius 2 is 2.29 bits per heavy atom. The Kier molecular flexibility index (Phi) is 5.36. The zero-order valence-electron chi connectivity index (χ0n) is 13.4.